The molecule has 1 fully saturated rings. The van der Waals surface area contributed by atoms with Crippen molar-refractivity contribution in [2.45, 2.75) is 44.9 Å². The number of nitrogens with one attached hydrogen (secondary N) is 2. The highest BCUT2D eigenvalue weighted by molar-refractivity contribution is 5.34. The molecule has 1 aromatic heterocycles. The molecule has 2 heterocycles. The Balaban J connectivity index is 1.47. The minimum absolute atomic E-state index is 0.506. The number of halogens is 3. The first kappa shape index (κ1) is 22.6. The molecule has 0 bridgehead atoms. The maximum Gasteiger partial charge on any atom is 0.419 e. The van der Waals surface area contributed by atoms with Crippen LogP contribution in [0.5, 0.6) is 0 Å². The van der Waals surface area contributed by atoms with E-state index in [9.17, 15) is 18.3 Å². The van der Waals surface area contributed by atoms with Crippen molar-refractivity contribution < 1.29 is 28.2 Å². The highest BCUT2D eigenvalue weighted by atomic mass is 19.4. The molecule has 0 unspecified atom stereocenters. The van der Waals surface area contributed by atoms with E-state index in [1.54, 1.807) is 0 Å². The van der Waals surface area contributed by atoms with Gasteiger partial charge in [0.15, 0.2) is 0 Å². The molecule has 1 aliphatic rings. The van der Waals surface area contributed by atoms with Gasteiger partial charge in [-0.2, -0.15) is 13.2 Å². The quantitative estimate of drug-likeness (QED) is 0.641. The molecule has 1 aliphatic heterocycles. The number of benzene rings is 1. The third kappa shape index (κ3) is 6.19. The van der Waals surface area contributed by atoms with Crippen LogP contribution < -0.4 is 14.8 Å². The van der Waals surface area contributed by atoms with E-state index >= 15 is 0 Å². The van der Waals surface area contributed by atoms with Crippen molar-refractivity contribution in [3.05, 3.63) is 59.3 Å². The van der Waals surface area contributed by atoms with Crippen LogP contribution in [0.15, 0.2) is 42.6 Å². The normalized spacial score (nSPS) is 16.6. The lowest BCUT2D eigenvalue weighted by Gasteiger charge is -2.29. The maximum atomic E-state index is 12.7. The van der Waals surface area contributed by atoms with E-state index in [0.717, 1.165) is 50.4 Å². The second-order valence-electron chi connectivity index (χ2n) is 8.12. The Hall–Kier alpha value is -2.12. The Morgan fingerprint density at radius 3 is 2.33 bits per heavy atom. The maximum absolute atomic E-state index is 12.7. The van der Waals surface area contributed by atoms with Gasteiger partial charge in [-0.1, -0.05) is 44.0 Å². The van der Waals surface area contributed by atoms with Crippen LogP contribution in [0.4, 0.5) is 19.0 Å². The van der Waals surface area contributed by atoms with Gasteiger partial charge in [0.25, 0.3) is 5.82 Å². The molecule has 1 saturated heterocycles. The lowest BCUT2D eigenvalue weighted by atomic mass is 10.0. The number of aromatic amines is 1. The Labute approximate surface area is 176 Å². The zero-order chi connectivity index (χ0) is 21.6. The van der Waals surface area contributed by atoms with Gasteiger partial charge in [-0.3, -0.25) is 4.90 Å². The number of unbranched alkanes of at least 4 members (excludes halogenated alkanes) is 2. The van der Waals surface area contributed by atoms with Crippen molar-refractivity contribution in [2.24, 2.45) is 0 Å². The molecule has 0 spiro atoms. The van der Waals surface area contributed by atoms with Crippen LogP contribution in [-0.2, 0) is 12.6 Å². The van der Waals surface area contributed by atoms with E-state index < -0.39 is 17.8 Å². The van der Waals surface area contributed by atoms with Gasteiger partial charge >= 0.3 is 6.18 Å². The zero-order valence-electron chi connectivity index (χ0n) is 17.5. The lowest BCUT2D eigenvalue weighted by molar-refractivity contribution is -0.904. The van der Waals surface area contributed by atoms with E-state index in [2.05, 4.69) is 28.9 Å². The highest BCUT2D eigenvalue weighted by Crippen LogP contribution is 2.28. The molecular formula is C23H32F3N3O+2. The second kappa shape index (κ2) is 10.3. The fraction of sp³-hybridized carbons (Fsp3) is 0.522. The van der Waals surface area contributed by atoms with Gasteiger partial charge in [0.2, 0.25) is 0 Å². The third-order valence-corrected chi connectivity index (χ3v) is 5.85. The topological polar surface area (TPSA) is 42.1 Å². The fourth-order valence-corrected chi connectivity index (χ4v) is 3.93. The predicted octanol–water partition coefficient (Wildman–Crippen LogP) is 2.69. The summed E-state index contributed by atoms with van der Waals surface area (Å²) >= 11 is 0. The minimum Gasteiger partial charge on any atom is -0.382 e. The summed E-state index contributed by atoms with van der Waals surface area (Å²) in [6, 6.07) is 10.9. The van der Waals surface area contributed by atoms with Gasteiger partial charge in [-0.05, 0) is 30.0 Å². The number of rotatable bonds is 8. The third-order valence-electron chi connectivity index (χ3n) is 5.85. The molecule has 0 radical (unpaired) electrons. The van der Waals surface area contributed by atoms with E-state index in [1.807, 2.05) is 12.1 Å². The number of anilines is 1. The van der Waals surface area contributed by atoms with E-state index in [-0.39, 0.29) is 0 Å². The summed E-state index contributed by atoms with van der Waals surface area (Å²) in [7, 11) is 0. The summed E-state index contributed by atoms with van der Waals surface area (Å²) in [6.45, 7) is 5.98. The number of aliphatic hydroxyl groups excluding tert-OH is 1. The molecule has 2 aromatic rings. The first-order chi connectivity index (χ1) is 14.4. The molecule has 3 N–H and O–H groups in total. The predicted molar refractivity (Wildman–Crippen MR) is 110 cm³/mol. The van der Waals surface area contributed by atoms with Crippen molar-refractivity contribution in [2.75, 3.05) is 37.6 Å². The standard InChI is InChI=1S/C23H30F3N3O/c1-2-3-4-5-18-6-8-19(9-7-18)21(30)17-28-12-14-29(15-13-28)22-11-10-20(16-27-22)23(24,25)26/h6-11,16,21,30H,2-5,12-15,17H2,1H3/p+2/t21-/m1/s1. The minimum atomic E-state index is -4.33. The first-order valence-corrected chi connectivity index (χ1v) is 10.8. The smallest absolute Gasteiger partial charge is 0.382 e. The average Bonchev–Trinajstić information content (AvgIpc) is 2.74. The number of aryl methyl sites for hydroxylation is 1. The molecule has 0 amide bonds. The number of nitrogens with zero attached hydrogens (tertiary/aromatic N) is 1. The summed E-state index contributed by atoms with van der Waals surface area (Å²) in [5.74, 6) is 0.696. The highest BCUT2D eigenvalue weighted by Gasteiger charge is 2.33. The van der Waals surface area contributed by atoms with Crippen molar-refractivity contribution in [1.82, 2.24) is 0 Å². The number of aromatic nitrogens is 1. The van der Waals surface area contributed by atoms with Crippen LogP contribution in [0.3, 0.4) is 0 Å². The van der Waals surface area contributed by atoms with Crippen LogP contribution in [0, 0.1) is 0 Å². The number of aliphatic hydroxyl groups is 1. The number of pyridine rings is 1. The molecule has 1 atom stereocenters. The molecule has 7 heteroatoms. The van der Waals surface area contributed by atoms with Crippen molar-refractivity contribution in [1.29, 1.82) is 0 Å². The largest absolute Gasteiger partial charge is 0.419 e. The summed E-state index contributed by atoms with van der Waals surface area (Å²) in [5.41, 5.74) is 1.59. The molecule has 4 nitrogen and oxygen atoms in total. The number of alkyl halides is 3. The Bertz CT molecular complexity index is 770. The lowest BCUT2D eigenvalue weighted by Crippen LogP contribution is -3.15. The Morgan fingerprint density at radius 2 is 1.77 bits per heavy atom. The SMILES string of the molecule is CCCCCc1ccc([C@H](O)C[NH+]2CCN(c3ccc(C(F)(F)F)c[nH+]3)CC2)cc1. The summed E-state index contributed by atoms with van der Waals surface area (Å²) in [6.07, 6.45) is 0.912. The Morgan fingerprint density at radius 1 is 1.07 bits per heavy atom. The molecule has 30 heavy (non-hydrogen) atoms. The van der Waals surface area contributed by atoms with E-state index in [4.69, 9.17) is 0 Å². The average molecular weight is 424 g/mol. The Kier molecular flexibility index (Phi) is 7.72. The van der Waals surface area contributed by atoms with Crippen LogP contribution in [0.1, 0.15) is 49.0 Å². The summed E-state index contributed by atoms with van der Waals surface area (Å²) in [4.78, 5) is 6.13. The number of hydrogen-bond donors (Lipinski definition) is 2. The number of piperazine rings is 1. The van der Waals surface area contributed by atoms with E-state index in [1.165, 1.54) is 35.8 Å². The molecular weight excluding hydrogens is 391 g/mol. The molecule has 3 rings (SSSR count). The summed E-state index contributed by atoms with van der Waals surface area (Å²) < 4.78 is 38.1. The van der Waals surface area contributed by atoms with Crippen molar-refractivity contribution in [3.8, 4) is 0 Å². The van der Waals surface area contributed by atoms with Gasteiger partial charge in [0, 0.05) is 6.07 Å². The van der Waals surface area contributed by atoms with Crippen molar-refractivity contribution in [3.63, 3.8) is 0 Å². The molecule has 0 aliphatic carbocycles. The zero-order valence-corrected chi connectivity index (χ0v) is 17.5. The monoisotopic (exact) mass is 423 g/mol. The van der Waals surface area contributed by atoms with Crippen LogP contribution in [-0.4, -0.2) is 37.8 Å². The van der Waals surface area contributed by atoms with Gasteiger partial charge in [0.05, 0.1) is 5.56 Å². The van der Waals surface area contributed by atoms with Gasteiger partial charge in [-0.15, -0.1) is 0 Å². The molecule has 1 aromatic carbocycles. The van der Waals surface area contributed by atoms with Crippen LogP contribution in [0.2, 0.25) is 0 Å². The fourth-order valence-electron chi connectivity index (χ4n) is 3.93. The van der Waals surface area contributed by atoms with Crippen LogP contribution in [0.25, 0.3) is 0 Å². The van der Waals surface area contributed by atoms with Crippen molar-refractivity contribution >= 4 is 5.82 Å². The number of hydrogen-bond acceptors (Lipinski definition) is 2. The number of quaternary nitrogens is 1. The second-order valence-corrected chi connectivity index (χ2v) is 8.12. The first-order valence-electron chi connectivity index (χ1n) is 10.8. The van der Waals surface area contributed by atoms with Gasteiger partial charge in [0.1, 0.15) is 45.0 Å². The summed E-state index contributed by atoms with van der Waals surface area (Å²) in [5, 5.41) is 10.6. The van der Waals surface area contributed by atoms with Gasteiger partial charge < -0.3 is 10.0 Å². The molecule has 0 saturated carbocycles. The van der Waals surface area contributed by atoms with Crippen LogP contribution >= 0.6 is 0 Å². The van der Waals surface area contributed by atoms with E-state index in [0.29, 0.717) is 12.4 Å². The molecule has 164 valence electrons. The number of H-pyrrole nitrogens is 1. The van der Waals surface area contributed by atoms with Gasteiger partial charge in [-0.25, -0.2) is 4.98 Å².